The van der Waals surface area contributed by atoms with Crippen molar-refractivity contribution in [1.29, 1.82) is 0 Å². The minimum atomic E-state index is -0.0729. The molecule has 0 unspecified atom stereocenters. The van der Waals surface area contributed by atoms with E-state index in [2.05, 4.69) is 41.5 Å². The molecule has 1 radical (unpaired) electrons. The number of nitrogens with zero attached hydrogens (tertiary/aromatic N) is 1. The number of rotatable bonds is 4. The average Bonchev–Trinajstić information content (AvgIpc) is 1.98. The van der Waals surface area contributed by atoms with Crippen molar-refractivity contribution in [3.63, 3.8) is 0 Å². The van der Waals surface area contributed by atoms with Crippen LogP contribution in [0.3, 0.4) is 0 Å². The van der Waals surface area contributed by atoms with Gasteiger partial charge in [-0.3, -0.25) is 4.79 Å². The second-order valence-electron chi connectivity index (χ2n) is 5.17. The smallest absolute Gasteiger partial charge is 0.223 e. The van der Waals surface area contributed by atoms with Crippen LogP contribution >= 0.6 is 0 Å². The van der Waals surface area contributed by atoms with Gasteiger partial charge >= 0.3 is 0 Å². The Morgan fingerprint density at radius 3 is 2.14 bits per heavy atom. The lowest BCUT2D eigenvalue weighted by atomic mass is 10.0. The molecule has 0 spiro atoms. The highest BCUT2D eigenvalue weighted by atomic mass is 16.2. The van der Waals surface area contributed by atoms with Gasteiger partial charge in [0.05, 0.1) is 0 Å². The first-order valence-electron chi connectivity index (χ1n) is 5.38. The van der Waals surface area contributed by atoms with Gasteiger partial charge in [-0.1, -0.05) is 20.8 Å². The summed E-state index contributed by atoms with van der Waals surface area (Å²) in [6, 6.07) is 0. The number of hydrogen-bond donors (Lipinski definition) is 0. The molecule has 2 nitrogen and oxygen atoms in total. The molecule has 83 valence electrons. The lowest BCUT2D eigenvalue weighted by Crippen LogP contribution is -2.47. The van der Waals surface area contributed by atoms with E-state index in [1.165, 1.54) is 0 Å². The van der Waals surface area contributed by atoms with Gasteiger partial charge in [0.2, 0.25) is 5.91 Å². The third kappa shape index (κ3) is 4.64. The highest BCUT2D eigenvalue weighted by Gasteiger charge is 2.25. The minimum absolute atomic E-state index is 0.0729. The van der Waals surface area contributed by atoms with Crippen molar-refractivity contribution in [2.24, 2.45) is 5.92 Å². The average molecular weight is 198 g/mol. The Morgan fingerprint density at radius 1 is 1.36 bits per heavy atom. The summed E-state index contributed by atoms with van der Waals surface area (Å²) in [7, 11) is 0. The normalized spacial score (nSPS) is 11.9. The molecule has 0 saturated heterocycles. The summed E-state index contributed by atoms with van der Waals surface area (Å²) in [6.07, 6.45) is 1.24. The first-order valence-corrected chi connectivity index (χ1v) is 5.38. The molecule has 1 amide bonds. The summed E-state index contributed by atoms with van der Waals surface area (Å²) in [6.45, 7) is 15.1. The number of hydrogen-bond acceptors (Lipinski definition) is 1. The fraction of sp³-hybridized carbons (Fsp3) is 0.833. The second kappa shape index (κ2) is 5.38. The zero-order valence-corrected chi connectivity index (χ0v) is 10.3. The molecule has 0 atom stereocenters. The van der Waals surface area contributed by atoms with Crippen molar-refractivity contribution in [1.82, 2.24) is 4.90 Å². The molecule has 0 aromatic carbocycles. The van der Waals surface area contributed by atoms with E-state index in [0.29, 0.717) is 18.8 Å². The van der Waals surface area contributed by atoms with Crippen molar-refractivity contribution < 1.29 is 4.79 Å². The molecule has 0 aliphatic heterocycles. The molecule has 0 aliphatic carbocycles. The molecule has 0 aliphatic rings. The number of carbonyl (C=O) groups excluding carboxylic acids is 1. The lowest BCUT2D eigenvalue weighted by Gasteiger charge is -2.37. The van der Waals surface area contributed by atoms with Gasteiger partial charge in [0.25, 0.3) is 0 Å². The molecule has 0 saturated carbocycles. The molecular formula is C12H24NO. The first kappa shape index (κ1) is 13.5. The summed E-state index contributed by atoms with van der Waals surface area (Å²) < 4.78 is 0. The van der Waals surface area contributed by atoms with Crippen molar-refractivity contribution in [3.8, 4) is 0 Å². The van der Waals surface area contributed by atoms with E-state index in [0.717, 1.165) is 6.54 Å². The maximum Gasteiger partial charge on any atom is 0.223 e. The predicted molar refractivity (Wildman–Crippen MR) is 60.9 cm³/mol. The van der Waals surface area contributed by atoms with Gasteiger partial charge < -0.3 is 4.90 Å². The third-order valence-corrected chi connectivity index (χ3v) is 2.05. The first-order chi connectivity index (χ1) is 6.29. The SMILES string of the molecule is [CH2]CCC(=O)N(CC(C)C)C(C)(C)C. The Kier molecular flexibility index (Phi) is 5.17. The fourth-order valence-corrected chi connectivity index (χ4v) is 1.40. The van der Waals surface area contributed by atoms with Crippen LogP contribution in [0, 0.1) is 12.8 Å². The Hall–Kier alpha value is -0.530. The summed E-state index contributed by atoms with van der Waals surface area (Å²) >= 11 is 0. The Morgan fingerprint density at radius 2 is 1.86 bits per heavy atom. The molecule has 0 bridgehead atoms. The van der Waals surface area contributed by atoms with Gasteiger partial charge in [0.1, 0.15) is 0 Å². The summed E-state index contributed by atoms with van der Waals surface area (Å²) in [5.74, 6) is 0.740. The largest absolute Gasteiger partial charge is 0.338 e. The molecule has 0 aromatic heterocycles. The van der Waals surface area contributed by atoms with Gasteiger partial charge in [-0.15, -0.1) is 0 Å². The molecule has 14 heavy (non-hydrogen) atoms. The van der Waals surface area contributed by atoms with Crippen LogP contribution in [0.4, 0.5) is 0 Å². The maximum absolute atomic E-state index is 11.8. The molecule has 0 N–H and O–H groups in total. The van der Waals surface area contributed by atoms with Crippen LogP contribution in [0.25, 0.3) is 0 Å². The summed E-state index contributed by atoms with van der Waals surface area (Å²) in [4.78, 5) is 13.8. The summed E-state index contributed by atoms with van der Waals surface area (Å²) in [5, 5.41) is 0. The summed E-state index contributed by atoms with van der Waals surface area (Å²) in [5.41, 5.74) is -0.0729. The lowest BCUT2D eigenvalue weighted by molar-refractivity contribution is -0.136. The van der Waals surface area contributed by atoms with Crippen molar-refractivity contribution in [3.05, 3.63) is 6.92 Å². The Labute approximate surface area is 88.7 Å². The highest BCUT2D eigenvalue weighted by molar-refractivity contribution is 5.77. The number of amides is 1. The van der Waals surface area contributed by atoms with E-state index < -0.39 is 0 Å². The van der Waals surface area contributed by atoms with E-state index in [-0.39, 0.29) is 11.4 Å². The van der Waals surface area contributed by atoms with Crippen LogP contribution in [0.1, 0.15) is 47.5 Å². The number of carbonyl (C=O) groups is 1. The van der Waals surface area contributed by atoms with E-state index in [4.69, 9.17) is 0 Å². The van der Waals surface area contributed by atoms with Gasteiger partial charge in [0.15, 0.2) is 0 Å². The van der Waals surface area contributed by atoms with Gasteiger partial charge in [-0.25, -0.2) is 0 Å². The van der Waals surface area contributed by atoms with Crippen LogP contribution in [0.15, 0.2) is 0 Å². The molecule has 2 heteroatoms. The zero-order chi connectivity index (χ0) is 11.4. The van der Waals surface area contributed by atoms with Gasteiger partial charge in [-0.2, -0.15) is 0 Å². The second-order valence-corrected chi connectivity index (χ2v) is 5.17. The van der Waals surface area contributed by atoms with E-state index in [1.807, 2.05) is 4.90 Å². The minimum Gasteiger partial charge on any atom is -0.338 e. The van der Waals surface area contributed by atoms with Crippen molar-refractivity contribution in [2.75, 3.05) is 6.54 Å². The molecular weight excluding hydrogens is 174 g/mol. The maximum atomic E-state index is 11.8. The van der Waals surface area contributed by atoms with Crippen LogP contribution < -0.4 is 0 Å². The van der Waals surface area contributed by atoms with Crippen LogP contribution in [-0.2, 0) is 4.79 Å². The standard InChI is InChI=1S/C12H24NO/c1-7-8-11(14)13(9-10(2)3)12(4,5)6/h10H,1,7-9H2,2-6H3. The van der Waals surface area contributed by atoms with Crippen LogP contribution in [-0.4, -0.2) is 22.9 Å². The topological polar surface area (TPSA) is 20.3 Å². The fourth-order valence-electron chi connectivity index (χ4n) is 1.40. The van der Waals surface area contributed by atoms with Crippen LogP contribution in [0.5, 0.6) is 0 Å². The van der Waals surface area contributed by atoms with Gasteiger partial charge in [-0.05, 0) is 33.1 Å². The Bertz CT molecular complexity index is 179. The highest BCUT2D eigenvalue weighted by Crippen LogP contribution is 2.17. The van der Waals surface area contributed by atoms with E-state index in [1.54, 1.807) is 0 Å². The van der Waals surface area contributed by atoms with E-state index in [9.17, 15) is 4.79 Å². The molecule has 0 fully saturated rings. The molecule has 0 aromatic rings. The van der Waals surface area contributed by atoms with Crippen molar-refractivity contribution >= 4 is 5.91 Å². The molecule has 0 rings (SSSR count). The van der Waals surface area contributed by atoms with Crippen LogP contribution in [0.2, 0.25) is 0 Å². The van der Waals surface area contributed by atoms with E-state index >= 15 is 0 Å². The van der Waals surface area contributed by atoms with Crippen molar-refractivity contribution in [2.45, 2.75) is 53.0 Å². The quantitative estimate of drug-likeness (QED) is 0.680. The van der Waals surface area contributed by atoms with Gasteiger partial charge in [0, 0.05) is 18.5 Å². The zero-order valence-electron chi connectivity index (χ0n) is 10.3. The predicted octanol–water partition coefficient (Wildman–Crippen LogP) is 2.88. The molecule has 0 heterocycles. The monoisotopic (exact) mass is 198 g/mol. The Balaban J connectivity index is 4.47. The third-order valence-electron chi connectivity index (χ3n) is 2.05.